The minimum absolute atomic E-state index is 0.0736. The highest BCUT2D eigenvalue weighted by atomic mass is 79.9. The van der Waals surface area contributed by atoms with Gasteiger partial charge in [0.05, 0.1) is 11.4 Å². The van der Waals surface area contributed by atoms with E-state index in [-0.39, 0.29) is 5.11 Å². The van der Waals surface area contributed by atoms with E-state index < -0.39 is 17.7 Å². The lowest BCUT2D eigenvalue weighted by molar-refractivity contribution is -0.130. The second-order valence-corrected chi connectivity index (χ2v) is 6.34. The van der Waals surface area contributed by atoms with E-state index in [2.05, 4.69) is 26.2 Å². The van der Waals surface area contributed by atoms with Gasteiger partial charge in [0.2, 0.25) is 5.91 Å². The molecule has 0 bridgehead atoms. The number of hydrogen-bond donors (Lipinski definition) is 1. The van der Waals surface area contributed by atoms with Gasteiger partial charge in [-0.15, -0.1) is 0 Å². The molecule has 0 radical (unpaired) electrons. The molecule has 0 aliphatic carbocycles. The summed E-state index contributed by atoms with van der Waals surface area (Å²) in [5, 5.41) is 2.63. The molecule has 7 heteroatoms. The second-order valence-electron chi connectivity index (χ2n) is 5.04. The molecule has 2 amide bonds. The van der Waals surface area contributed by atoms with Gasteiger partial charge in [-0.25, -0.2) is 0 Å². The fraction of sp³-hybridized carbons (Fsp3) is 0.0588. The lowest BCUT2D eigenvalue weighted by Gasteiger charge is -2.30. The predicted octanol–water partition coefficient (Wildman–Crippen LogP) is 3.22. The maximum Gasteiger partial charge on any atom is 0.251 e. The fourth-order valence-corrected chi connectivity index (χ4v) is 2.79. The van der Waals surface area contributed by atoms with Crippen molar-refractivity contribution in [2.75, 3.05) is 4.90 Å². The van der Waals surface area contributed by atoms with E-state index in [0.717, 1.165) is 4.47 Å². The van der Waals surface area contributed by atoms with Crippen LogP contribution in [0.5, 0.6) is 0 Å². The first-order valence-electron chi connectivity index (χ1n) is 7.10. The average Bonchev–Trinajstić information content (AvgIpc) is 2.57. The van der Waals surface area contributed by atoms with Crippen LogP contribution < -0.4 is 10.2 Å². The van der Waals surface area contributed by atoms with E-state index in [1.54, 1.807) is 36.4 Å². The smallest absolute Gasteiger partial charge is 0.251 e. The Labute approximate surface area is 152 Å². The molecule has 1 aliphatic heterocycles. The maximum atomic E-state index is 12.7. The van der Waals surface area contributed by atoms with E-state index >= 15 is 0 Å². The Morgan fingerprint density at radius 2 is 1.75 bits per heavy atom. The summed E-state index contributed by atoms with van der Waals surface area (Å²) >= 11 is 8.47. The summed E-state index contributed by atoms with van der Waals surface area (Å²) in [6.07, 6.45) is 1.35. The Balaban J connectivity index is 1.87. The highest BCUT2D eigenvalue weighted by Crippen LogP contribution is 2.21. The number of aliphatic imine (C=N–C) groups is 1. The Morgan fingerprint density at radius 1 is 1.08 bits per heavy atom. The SMILES string of the molecule is O=C1NC(=S)N(c2ccccc2)C(=O)[C@@H]1C=Nc1ccc(Br)cc1. The van der Waals surface area contributed by atoms with Crippen LogP contribution in [0, 0.1) is 5.92 Å². The molecule has 120 valence electrons. The van der Waals surface area contributed by atoms with Crippen molar-refractivity contribution in [1.29, 1.82) is 0 Å². The standard InChI is InChI=1S/C17H12BrN3O2S/c18-11-6-8-12(9-7-11)19-10-14-15(22)20-17(24)21(16(14)23)13-4-2-1-3-5-13/h1-10,14H,(H,20,22,24)/t14-/m1/s1. The lowest BCUT2D eigenvalue weighted by atomic mass is 10.1. The van der Waals surface area contributed by atoms with Crippen molar-refractivity contribution in [3.63, 3.8) is 0 Å². The number of hydrogen-bond acceptors (Lipinski definition) is 4. The fourth-order valence-electron chi connectivity index (χ4n) is 2.23. The number of halogens is 1. The Bertz CT molecular complexity index is 821. The molecule has 0 spiro atoms. The summed E-state index contributed by atoms with van der Waals surface area (Å²) in [6, 6.07) is 16.2. The van der Waals surface area contributed by atoms with Crippen molar-refractivity contribution >= 4 is 62.7 Å². The Morgan fingerprint density at radius 3 is 2.42 bits per heavy atom. The number of para-hydroxylation sites is 1. The summed E-state index contributed by atoms with van der Waals surface area (Å²) in [5.74, 6) is -1.92. The monoisotopic (exact) mass is 401 g/mol. The van der Waals surface area contributed by atoms with Crippen LogP contribution >= 0.6 is 28.1 Å². The number of amides is 2. The molecule has 5 nitrogen and oxygen atoms in total. The molecule has 2 aromatic rings. The maximum absolute atomic E-state index is 12.7. The van der Waals surface area contributed by atoms with Crippen molar-refractivity contribution in [3.8, 4) is 0 Å². The molecule has 0 saturated carbocycles. The van der Waals surface area contributed by atoms with Crippen LogP contribution in [-0.2, 0) is 9.59 Å². The van der Waals surface area contributed by atoms with Gasteiger partial charge in [-0.3, -0.25) is 19.5 Å². The van der Waals surface area contributed by atoms with Gasteiger partial charge in [-0.1, -0.05) is 34.1 Å². The minimum Gasteiger partial charge on any atom is -0.301 e. The van der Waals surface area contributed by atoms with Crippen molar-refractivity contribution < 1.29 is 9.59 Å². The number of rotatable bonds is 3. The number of nitrogens with one attached hydrogen (secondary N) is 1. The van der Waals surface area contributed by atoms with Crippen LogP contribution in [0.15, 0.2) is 64.1 Å². The third-order valence-corrected chi connectivity index (χ3v) is 4.23. The number of nitrogens with zero attached hydrogens (tertiary/aromatic N) is 2. The summed E-state index contributed by atoms with van der Waals surface area (Å²) in [4.78, 5) is 30.4. The molecule has 1 saturated heterocycles. The van der Waals surface area contributed by atoms with Crippen LogP contribution in [0.1, 0.15) is 0 Å². The van der Waals surface area contributed by atoms with Gasteiger partial charge in [0.1, 0.15) is 0 Å². The first-order chi connectivity index (χ1) is 11.6. The quantitative estimate of drug-likeness (QED) is 0.487. The molecule has 24 heavy (non-hydrogen) atoms. The van der Waals surface area contributed by atoms with E-state index in [1.807, 2.05) is 18.2 Å². The molecule has 1 fully saturated rings. The van der Waals surface area contributed by atoms with Gasteiger partial charge in [-0.05, 0) is 48.6 Å². The highest BCUT2D eigenvalue weighted by molar-refractivity contribution is 9.10. The number of benzene rings is 2. The Kier molecular flexibility index (Phi) is 4.82. The van der Waals surface area contributed by atoms with Gasteiger partial charge in [0.15, 0.2) is 11.0 Å². The van der Waals surface area contributed by atoms with Crippen LogP contribution in [0.4, 0.5) is 11.4 Å². The summed E-state index contributed by atoms with van der Waals surface area (Å²) in [6.45, 7) is 0. The van der Waals surface area contributed by atoms with E-state index in [1.165, 1.54) is 11.1 Å². The van der Waals surface area contributed by atoms with Crippen molar-refractivity contribution in [1.82, 2.24) is 5.32 Å². The largest absolute Gasteiger partial charge is 0.301 e. The molecule has 2 aromatic carbocycles. The molecular weight excluding hydrogens is 390 g/mol. The van der Waals surface area contributed by atoms with Crippen molar-refractivity contribution in [3.05, 3.63) is 59.1 Å². The van der Waals surface area contributed by atoms with Crippen LogP contribution in [0.25, 0.3) is 0 Å². The number of anilines is 1. The minimum atomic E-state index is -1.03. The molecule has 1 aliphatic rings. The van der Waals surface area contributed by atoms with Crippen molar-refractivity contribution in [2.24, 2.45) is 10.9 Å². The summed E-state index contributed by atoms with van der Waals surface area (Å²) in [5.41, 5.74) is 1.26. The molecular formula is C17H12BrN3O2S. The molecule has 3 rings (SSSR count). The van der Waals surface area contributed by atoms with E-state index in [9.17, 15) is 9.59 Å². The average molecular weight is 402 g/mol. The summed E-state index contributed by atoms with van der Waals surface area (Å²) < 4.78 is 0.925. The lowest BCUT2D eigenvalue weighted by Crippen LogP contribution is -2.58. The zero-order chi connectivity index (χ0) is 17.1. The third-order valence-electron chi connectivity index (χ3n) is 3.42. The van der Waals surface area contributed by atoms with Gasteiger partial charge < -0.3 is 5.32 Å². The molecule has 1 heterocycles. The molecule has 0 unspecified atom stereocenters. The van der Waals surface area contributed by atoms with Gasteiger partial charge in [0, 0.05) is 10.7 Å². The van der Waals surface area contributed by atoms with Crippen molar-refractivity contribution in [2.45, 2.75) is 0 Å². The summed E-state index contributed by atoms with van der Waals surface area (Å²) in [7, 11) is 0. The number of carbonyl (C=O) groups excluding carboxylic acids is 2. The van der Waals surface area contributed by atoms with E-state index in [4.69, 9.17) is 12.2 Å². The topological polar surface area (TPSA) is 61.8 Å². The molecule has 0 aromatic heterocycles. The molecule has 1 N–H and O–H groups in total. The first kappa shape index (κ1) is 16.5. The van der Waals surface area contributed by atoms with Gasteiger partial charge in [0.25, 0.3) is 5.91 Å². The first-order valence-corrected chi connectivity index (χ1v) is 8.30. The van der Waals surface area contributed by atoms with Gasteiger partial charge >= 0.3 is 0 Å². The zero-order valence-corrected chi connectivity index (χ0v) is 14.8. The zero-order valence-electron chi connectivity index (χ0n) is 12.3. The van der Waals surface area contributed by atoms with Crippen LogP contribution in [0.2, 0.25) is 0 Å². The normalized spacial score (nSPS) is 18.1. The second kappa shape index (κ2) is 7.02. The number of carbonyl (C=O) groups is 2. The molecule has 1 atom stereocenters. The van der Waals surface area contributed by atoms with Gasteiger partial charge in [-0.2, -0.15) is 0 Å². The third kappa shape index (κ3) is 3.42. The number of thiocarbonyl (C=S) groups is 1. The van der Waals surface area contributed by atoms with E-state index in [0.29, 0.717) is 11.4 Å². The predicted molar refractivity (Wildman–Crippen MR) is 100 cm³/mol. The highest BCUT2D eigenvalue weighted by Gasteiger charge is 2.38. The Hall–Kier alpha value is -2.38. The van der Waals surface area contributed by atoms with Crippen LogP contribution in [-0.4, -0.2) is 23.1 Å². The van der Waals surface area contributed by atoms with Crippen LogP contribution in [0.3, 0.4) is 0 Å².